The van der Waals surface area contributed by atoms with Gasteiger partial charge in [0.05, 0.1) is 7.11 Å². The molecule has 0 amide bonds. The van der Waals surface area contributed by atoms with Crippen molar-refractivity contribution in [2.75, 3.05) is 7.11 Å². The number of para-hydroxylation sites is 1. The molecular weight excluding hydrogens is 290 g/mol. The topological polar surface area (TPSA) is 63.2 Å². The van der Waals surface area contributed by atoms with Crippen molar-refractivity contribution in [3.8, 4) is 11.8 Å². The van der Waals surface area contributed by atoms with Crippen LogP contribution in [0, 0.1) is 11.3 Å². The number of carbonyl (C=O) groups is 1. The Morgan fingerprint density at radius 2 is 2.00 bits per heavy atom. The minimum atomic E-state index is -0.369. The molecule has 0 unspecified atom stereocenters. The molecule has 0 radical (unpaired) electrons. The van der Waals surface area contributed by atoms with Gasteiger partial charge in [-0.25, -0.2) is 0 Å². The van der Waals surface area contributed by atoms with Gasteiger partial charge in [-0.05, 0) is 24.3 Å². The summed E-state index contributed by atoms with van der Waals surface area (Å²) < 4.78 is 10.7. The van der Waals surface area contributed by atoms with Crippen LogP contribution in [0.4, 0.5) is 0 Å². The first kappa shape index (κ1) is 14.6. The van der Waals surface area contributed by atoms with Crippen LogP contribution in [-0.4, -0.2) is 12.9 Å². The Kier molecular flexibility index (Phi) is 3.94. The van der Waals surface area contributed by atoms with Crippen molar-refractivity contribution in [2.45, 2.75) is 0 Å². The van der Waals surface area contributed by atoms with Crippen LogP contribution in [0.5, 0.6) is 5.75 Å². The highest BCUT2D eigenvalue weighted by Gasteiger charge is 2.14. The van der Waals surface area contributed by atoms with Gasteiger partial charge in [-0.2, -0.15) is 5.26 Å². The minimum absolute atomic E-state index is 0.0114. The van der Waals surface area contributed by atoms with Crippen LogP contribution in [0.2, 0.25) is 0 Å². The van der Waals surface area contributed by atoms with Crippen molar-refractivity contribution in [1.29, 1.82) is 5.26 Å². The molecule has 0 aliphatic rings. The molecule has 2 aromatic carbocycles. The smallest absolute Gasteiger partial charge is 0.203 e. The molecule has 0 bridgehead atoms. The van der Waals surface area contributed by atoms with Gasteiger partial charge in [-0.3, -0.25) is 4.79 Å². The number of nitrogens with zero attached hydrogens (tertiary/aromatic N) is 1. The molecule has 0 aliphatic heterocycles. The van der Waals surface area contributed by atoms with E-state index in [0.29, 0.717) is 22.7 Å². The average molecular weight is 303 g/mol. The molecule has 1 aromatic heterocycles. The van der Waals surface area contributed by atoms with E-state index in [1.807, 2.05) is 30.3 Å². The van der Waals surface area contributed by atoms with Gasteiger partial charge in [-0.15, -0.1) is 0 Å². The maximum atomic E-state index is 12.5. The number of ether oxygens (including phenoxy) is 1. The van der Waals surface area contributed by atoms with Gasteiger partial charge in [0.25, 0.3) is 0 Å². The van der Waals surface area contributed by atoms with Gasteiger partial charge >= 0.3 is 0 Å². The molecule has 0 fully saturated rings. The summed E-state index contributed by atoms with van der Waals surface area (Å²) in [4.78, 5) is 12.5. The molecule has 23 heavy (non-hydrogen) atoms. The third kappa shape index (κ3) is 2.99. The third-order valence-electron chi connectivity index (χ3n) is 3.43. The van der Waals surface area contributed by atoms with E-state index in [0.717, 1.165) is 5.39 Å². The number of Topliss-reactive ketones (excluding diaryl/α,β-unsaturated/α-hetero) is 1. The van der Waals surface area contributed by atoms with Crippen molar-refractivity contribution < 1.29 is 13.9 Å². The second-order valence-corrected chi connectivity index (χ2v) is 4.92. The molecular formula is C19H13NO3. The van der Waals surface area contributed by atoms with Crippen LogP contribution >= 0.6 is 0 Å². The fourth-order valence-electron chi connectivity index (χ4n) is 2.28. The quantitative estimate of drug-likeness (QED) is 0.411. The highest BCUT2D eigenvalue weighted by atomic mass is 16.5. The van der Waals surface area contributed by atoms with Gasteiger partial charge in [-0.1, -0.05) is 30.3 Å². The summed E-state index contributed by atoms with van der Waals surface area (Å²) in [6.07, 6.45) is 1.46. The van der Waals surface area contributed by atoms with Gasteiger partial charge in [0.2, 0.25) is 5.78 Å². The summed E-state index contributed by atoms with van der Waals surface area (Å²) >= 11 is 0. The molecule has 112 valence electrons. The summed E-state index contributed by atoms with van der Waals surface area (Å²) in [5.74, 6) is 0.669. The SMILES string of the molecule is COc1cccc(C(=O)/C(C#N)=C/c2cc3ccccc3o2)c1. The fraction of sp³-hybridized carbons (Fsp3) is 0.0526. The number of fused-ring (bicyclic) bond motifs is 1. The number of nitriles is 1. The molecule has 0 atom stereocenters. The second kappa shape index (κ2) is 6.20. The standard InChI is InChI=1S/C19H13NO3/c1-22-16-7-4-6-14(10-16)19(21)15(12-20)11-17-9-13-5-2-3-8-18(13)23-17/h2-11H,1H3/b15-11+. The number of rotatable bonds is 4. The van der Waals surface area contributed by atoms with Crippen LogP contribution in [0.3, 0.4) is 0 Å². The fourth-order valence-corrected chi connectivity index (χ4v) is 2.28. The normalized spacial score (nSPS) is 11.2. The van der Waals surface area contributed by atoms with Crippen LogP contribution < -0.4 is 4.74 Å². The minimum Gasteiger partial charge on any atom is -0.497 e. The lowest BCUT2D eigenvalue weighted by atomic mass is 10.0. The predicted octanol–water partition coefficient (Wildman–Crippen LogP) is 4.23. The first-order chi connectivity index (χ1) is 11.2. The van der Waals surface area contributed by atoms with E-state index in [1.165, 1.54) is 13.2 Å². The zero-order valence-electron chi connectivity index (χ0n) is 12.4. The molecule has 4 heteroatoms. The lowest BCUT2D eigenvalue weighted by molar-refractivity contribution is 0.103. The third-order valence-corrected chi connectivity index (χ3v) is 3.43. The highest BCUT2D eigenvalue weighted by Crippen LogP contribution is 2.22. The number of methoxy groups -OCH3 is 1. The number of benzene rings is 2. The van der Waals surface area contributed by atoms with Crippen molar-refractivity contribution in [1.82, 2.24) is 0 Å². The van der Waals surface area contributed by atoms with E-state index >= 15 is 0 Å². The van der Waals surface area contributed by atoms with Gasteiger partial charge in [0, 0.05) is 17.0 Å². The van der Waals surface area contributed by atoms with Gasteiger partial charge in [0.1, 0.15) is 28.7 Å². The summed E-state index contributed by atoms with van der Waals surface area (Å²) in [5.41, 5.74) is 1.12. The largest absolute Gasteiger partial charge is 0.497 e. The highest BCUT2D eigenvalue weighted by molar-refractivity contribution is 6.14. The molecule has 4 nitrogen and oxygen atoms in total. The number of allylic oxidation sites excluding steroid dienone is 1. The van der Waals surface area contributed by atoms with Crippen LogP contribution in [-0.2, 0) is 0 Å². The lowest BCUT2D eigenvalue weighted by Crippen LogP contribution is -2.02. The zero-order valence-corrected chi connectivity index (χ0v) is 12.4. The molecule has 0 N–H and O–H groups in total. The van der Waals surface area contributed by atoms with E-state index in [2.05, 4.69) is 0 Å². The van der Waals surface area contributed by atoms with Crippen LogP contribution in [0.1, 0.15) is 16.1 Å². The van der Waals surface area contributed by atoms with E-state index in [1.54, 1.807) is 30.3 Å². The molecule has 0 saturated heterocycles. The van der Waals surface area contributed by atoms with E-state index in [9.17, 15) is 10.1 Å². The lowest BCUT2D eigenvalue weighted by Gasteiger charge is -2.02. The molecule has 3 aromatic rings. The Hall–Kier alpha value is -3.32. The summed E-state index contributed by atoms with van der Waals surface area (Å²) in [5, 5.41) is 10.2. The predicted molar refractivity (Wildman–Crippen MR) is 87.1 cm³/mol. The maximum absolute atomic E-state index is 12.5. The second-order valence-electron chi connectivity index (χ2n) is 4.92. The van der Waals surface area contributed by atoms with E-state index < -0.39 is 0 Å². The van der Waals surface area contributed by atoms with E-state index in [-0.39, 0.29) is 11.4 Å². The average Bonchev–Trinajstić information content (AvgIpc) is 3.01. The van der Waals surface area contributed by atoms with Crippen molar-refractivity contribution >= 4 is 22.8 Å². The summed E-state index contributed by atoms with van der Waals surface area (Å²) in [6.45, 7) is 0. The van der Waals surface area contributed by atoms with Gasteiger partial charge in [0.15, 0.2) is 0 Å². The molecule has 1 heterocycles. The Balaban J connectivity index is 1.97. The Labute approximate surface area is 133 Å². The Morgan fingerprint density at radius 3 is 2.74 bits per heavy atom. The zero-order chi connectivity index (χ0) is 16.2. The molecule has 0 spiro atoms. The van der Waals surface area contributed by atoms with Crippen LogP contribution in [0.15, 0.2) is 64.6 Å². The summed E-state index contributed by atoms with van der Waals surface area (Å²) in [6, 6.07) is 18.0. The maximum Gasteiger partial charge on any atom is 0.203 e. The number of carbonyl (C=O) groups excluding carboxylic acids is 1. The summed E-state index contributed by atoms with van der Waals surface area (Å²) in [7, 11) is 1.53. The number of hydrogen-bond acceptors (Lipinski definition) is 4. The van der Waals surface area contributed by atoms with Gasteiger partial charge < -0.3 is 9.15 Å². The number of ketones is 1. The number of furan rings is 1. The number of hydrogen-bond donors (Lipinski definition) is 0. The van der Waals surface area contributed by atoms with E-state index in [4.69, 9.17) is 9.15 Å². The molecule has 0 saturated carbocycles. The molecule has 3 rings (SSSR count). The van der Waals surface area contributed by atoms with Crippen molar-refractivity contribution in [3.63, 3.8) is 0 Å². The molecule has 0 aliphatic carbocycles. The van der Waals surface area contributed by atoms with Crippen LogP contribution in [0.25, 0.3) is 17.0 Å². The first-order valence-corrected chi connectivity index (χ1v) is 7.00. The first-order valence-electron chi connectivity index (χ1n) is 7.00. The monoisotopic (exact) mass is 303 g/mol. The van der Waals surface area contributed by atoms with Crippen molar-refractivity contribution in [2.24, 2.45) is 0 Å². The Morgan fingerprint density at radius 1 is 1.17 bits per heavy atom. The Bertz CT molecular complexity index is 911. The van der Waals surface area contributed by atoms with Crippen molar-refractivity contribution in [3.05, 3.63) is 71.5 Å².